The van der Waals surface area contributed by atoms with Gasteiger partial charge in [0.15, 0.2) is 0 Å². The molecule has 2 aromatic rings. The van der Waals surface area contributed by atoms with Crippen LogP contribution in [0.1, 0.15) is 11.1 Å². The number of aryl methyl sites for hydroxylation is 2. The normalized spacial score (nSPS) is 9.95. The van der Waals surface area contributed by atoms with Crippen molar-refractivity contribution in [3.05, 3.63) is 53.6 Å². The molecule has 0 saturated heterocycles. The van der Waals surface area contributed by atoms with Crippen LogP contribution < -0.4 is 10.6 Å². The Morgan fingerprint density at radius 2 is 1.50 bits per heavy atom. The molecule has 0 spiro atoms. The van der Waals surface area contributed by atoms with Crippen molar-refractivity contribution in [3.8, 4) is 0 Å². The number of benzene rings is 2. The number of amides is 1. The Balaban J connectivity index is 2.13. The maximum atomic E-state index is 11.1. The lowest BCUT2D eigenvalue weighted by Gasteiger charge is -2.13. The Bertz CT molecular complexity index is 586. The van der Waals surface area contributed by atoms with Gasteiger partial charge < -0.3 is 10.1 Å². The van der Waals surface area contributed by atoms with E-state index < -0.39 is 6.09 Å². The van der Waals surface area contributed by atoms with Gasteiger partial charge in [-0.05, 0) is 49.2 Å². The van der Waals surface area contributed by atoms with Crippen LogP contribution >= 0.6 is 0 Å². The second-order valence-electron chi connectivity index (χ2n) is 4.59. The van der Waals surface area contributed by atoms with E-state index in [2.05, 4.69) is 41.4 Å². The van der Waals surface area contributed by atoms with Crippen molar-refractivity contribution in [3.63, 3.8) is 0 Å². The summed E-state index contributed by atoms with van der Waals surface area (Å²) < 4.78 is 4.55. The Hall–Kier alpha value is -2.49. The van der Waals surface area contributed by atoms with Crippen LogP contribution in [-0.2, 0) is 4.74 Å². The molecule has 4 nitrogen and oxygen atoms in total. The zero-order valence-corrected chi connectivity index (χ0v) is 11.9. The van der Waals surface area contributed by atoms with E-state index in [1.54, 1.807) is 0 Å². The first-order valence-corrected chi connectivity index (χ1v) is 6.38. The van der Waals surface area contributed by atoms with Gasteiger partial charge in [0.1, 0.15) is 0 Å². The molecular formula is C16H18N2O2. The summed E-state index contributed by atoms with van der Waals surface area (Å²) in [6.45, 7) is 4.14. The number of nitrogens with one attached hydrogen (secondary N) is 2. The molecule has 0 bridgehead atoms. The summed E-state index contributed by atoms with van der Waals surface area (Å²) in [6, 6.07) is 13.7. The maximum Gasteiger partial charge on any atom is 0.411 e. The van der Waals surface area contributed by atoms with Crippen LogP contribution in [0, 0.1) is 13.8 Å². The lowest BCUT2D eigenvalue weighted by molar-refractivity contribution is 0.187. The highest BCUT2D eigenvalue weighted by Crippen LogP contribution is 2.25. The third-order valence-electron chi connectivity index (χ3n) is 3.07. The minimum absolute atomic E-state index is 0.472. The van der Waals surface area contributed by atoms with E-state index >= 15 is 0 Å². The van der Waals surface area contributed by atoms with Gasteiger partial charge in [-0.3, -0.25) is 5.32 Å². The van der Waals surface area contributed by atoms with Gasteiger partial charge in [0, 0.05) is 17.1 Å². The van der Waals surface area contributed by atoms with Crippen molar-refractivity contribution in [2.24, 2.45) is 0 Å². The minimum Gasteiger partial charge on any atom is -0.453 e. The third-order valence-corrected chi connectivity index (χ3v) is 3.07. The van der Waals surface area contributed by atoms with Gasteiger partial charge in [-0.15, -0.1) is 0 Å². The maximum absolute atomic E-state index is 11.1. The fraction of sp³-hybridized carbons (Fsp3) is 0.188. The van der Waals surface area contributed by atoms with E-state index in [1.165, 1.54) is 18.2 Å². The van der Waals surface area contributed by atoms with Gasteiger partial charge in [-0.2, -0.15) is 0 Å². The standard InChI is InChI=1S/C16H18N2O2/c1-11-5-4-6-12(2)15(11)17-13-7-9-14(10-8-13)18-16(19)20-3/h4-10,17H,1-3H3,(H,18,19). The number of carbonyl (C=O) groups excluding carboxylic acids is 1. The smallest absolute Gasteiger partial charge is 0.411 e. The molecule has 0 heterocycles. The highest BCUT2D eigenvalue weighted by atomic mass is 16.5. The van der Waals surface area contributed by atoms with E-state index in [-0.39, 0.29) is 0 Å². The Labute approximate surface area is 118 Å². The molecular weight excluding hydrogens is 252 g/mol. The van der Waals surface area contributed by atoms with Crippen LogP contribution in [-0.4, -0.2) is 13.2 Å². The van der Waals surface area contributed by atoms with Crippen LogP contribution in [0.25, 0.3) is 0 Å². The molecule has 0 aliphatic carbocycles. The predicted octanol–water partition coefficient (Wildman–Crippen LogP) is 4.23. The van der Waals surface area contributed by atoms with Crippen molar-refractivity contribution in [1.82, 2.24) is 0 Å². The van der Waals surface area contributed by atoms with E-state index in [0.29, 0.717) is 5.69 Å². The van der Waals surface area contributed by atoms with Crippen LogP contribution in [0.3, 0.4) is 0 Å². The topological polar surface area (TPSA) is 50.4 Å². The van der Waals surface area contributed by atoms with E-state index in [0.717, 1.165) is 11.4 Å². The van der Waals surface area contributed by atoms with E-state index in [9.17, 15) is 4.79 Å². The summed E-state index contributed by atoms with van der Waals surface area (Å²) in [4.78, 5) is 11.1. The van der Waals surface area contributed by atoms with E-state index in [1.807, 2.05) is 30.3 Å². The van der Waals surface area contributed by atoms with Crippen LogP contribution in [0.5, 0.6) is 0 Å². The average Bonchev–Trinajstić information content (AvgIpc) is 2.44. The summed E-state index contributed by atoms with van der Waals surface area (Å²) >= 11 is 0. The third kappa shape index (κ3) is 3.29. The van der Waals surface area contributed by atoms with Gasteiger partial charge in [0.25, 0.3) is 0 Å². The van der Waals surface area contributed by atoms with Crippen molar-refractivity contribution in [2.75, 3.05) is 17.7 Å². The van der Waals surface area contributed by atoms with Gasteiger partial charge in [-0.25, -0.2) is 4.79 Å². The first-order valence-electron chi connectivity index (χ1n) is 6.38. The number of hydrogen-bond acceptors (Lipinski definition) is 3. The zero-order chi connectivity index (χ0) is 14.5. The van der Waals surface area contributed by atoms with E-state index in [4.69, 9.17) is 0 Å². The van der Waals surface area contributed by atoms with Gasteiger partial charge in [-0.1, -0.05) is 18.2 Å². The number of anilines is 3. The van der Waals surface area contributed by atoms with Gasteiger partial charge >= 0.3 is 6.09 Å². The molecule has 0 radical (unpaired) electrons. The molecule has 4 heteroatoms. The lowest BCUT2D eigenvalue weighted by Crippen LogP contribution is -2.10. The minimum atomic E-state index is -0.472. The highest BCUT2D eigenvalue weighted by molar-refractivity contribution is 5.84. The Morgan fingerprint density at radius 1 is 0.950 bits per heavy atom. The van der Waals surface area contributed by atoms with Crippen molar-refractivity contribution in [1.29, 1.82) is 0 Å². The number of methoxy groups -OCH3 is 1. The SMILES string of the molecule is COC(=O)Nc1ccc(Nc2c(C)cccc2C)cc1. The van der Waals surface area contributed by atoms with Crippen LogP contribution in [0.4, 0.5) is 21.9 Å². The highest BCUT2D eigenvalue weighted by Gasteiger charge is 2.03. The number of rotatable bonds is 3. The molecule has 0 aliphatic rings. The molecule has 0 fully saturated rings. The fourth-order valence-corrected chi connectivity index (χ4v) is 1.96. The van der Waals surface area contributed by atoms with Crippen molar-refractivity contribution < 1.29 is 9.53 Å². The molecule has 104 valence electrons. The summed E-state index contributed by atoms with van der Waals surface area (Å²) in [5.74, 6) is 0. The molecule has 2 N–H and O–H groups in total. The second kappa shape index (κ2) is 6.10. The first-order chi connectivity index (χ1) is 9.60. The van der Waals surface area contributed by atoms with Crippen molar-refractivity contribution >= 4 is 23.2 Å². The molecule has 0 saturated carbocycles. The predicted molar refractivity (Wildman–Crippen MR) is 81.7 cm³/mol. The Kier molecular flexibility index (Phi) is 4.25. The largest absolute Gasteiger partial charge is 0.453 e. The number of para-hydroxylation sites is 1. The molecule has 1 amide bonds. The quantitative estimate of drug-likeness (QED) is 0.877. The fourth-order valence-electron chi connectivity index (χ4n) is 1.96. The molecule has 2 rings (SSSR count). The molecule has 2 aromatic carbocycles. The average molecular weight is 270 g/mol. The number of carbonyl (C=O) groups is 1. The molecule has 0 aromatic heterocycles. The van der Waals surface area contributed by atoms with Gasteiger partial charge in [0.2, 0.25) is 0 Å². The second-order valence-corrected chi connectivity index (χ2v) is 4.59. The summed E-state index contributed by atoms with van der Waals surface area (Å²) in [7, 11) is 1.34. The van der Waals surface area contributed by atoms with Gasteiger partial charge in [0.05, 0.1) is 7.11 Å². The molecule has 0 atom stereocenters. The Morgan fingerprint density at radius 3 is 2.05 bits per heavy atom. The van der Waals surface area contributed by atoms with Crippen molar-refractivity contribution in [2.45, 2.75) is 13.8 Å². The summed E-state index contributed by atoms with van der Waals surface area (Å²) in [5.41, 5.74) is 5.17. The molecule has 0 unspecified atom stereocenters. The zero-order valence-electron chi connectivity index (χ0n) is 11.9. The molecule has 20 heavy (non-hydrogen) atoms. The summed E-state index contributed by atoms with van der Waals surface area (Å²) in [5, 5.41) is 6.01. The van der Waals surface area contributed by atoms with Crippen LogP contribution in [0.15, 0.2) is 42.5 Å². The molecule has 0 aliphatic heterocycles. The van der Waals surface area contributed by atoms with Crippen LogP contribution in [0.2, 0.25) is 0 Å². The number of ether oxygens (including phenoxy) is 1. The summed E-state index contributed by atoms with van der Waals surface area (Å²) in [6.07, 6.45) is -0.472. The lowest BCUT2D eigenvalue weighted by atomic mass is 10.1. The monoisotopic (exact) mass is 270 g/mol. The number of hydrogen-bond donors (Lipinski definition) is 2. The first kappa shape index (κ1) is 13.9.